The van der Waals surface area contributed by atoms with Crippen LogP contribution < -0.4 is 4.90 Å². The van der Waals surface area contributed by atoms with Gasteiger partial charge in [0, 0.05) is 33.3 Å². The third-order valence-electron chi connectivity index (χ3n) is 7.71. The van der Waals surface area contributed by atoms with E-state index in [2.05, 4.69) is 153 Å². The number of furan rings is 1. The third-order valence-corrected chi connectivity index (χ3v) is 7.71. The van der Waals surface area contributed by atoms with Gasteiger partial charge in [-0.1, -0.05) is 118 Å². The third kappa shape index (κ3) is 4.13. The van der Waals surface area contributed by atoms with Crippen LogP contribution in [-0.4, -0.2) is 0 Å². The van der Waals surface area contributed by atoms with Crippen molar-refractivity contribution in [2.24, 2.45) is 0 Å². The maximum atomic E-state index is 6.57. The number of hydrogen-bond donors (Lipinski definition) is 0. The molecule has 7 rings (SSSR count). The summed E-state index contributed by atoms with van der Waals surface area (Å²) in [6.45, 7) is 6.78. The summed E-state index contributed by atoms with van der Waals surface area (Å²) in [4.78, 5) is 2.37. The van der Waals surface area contributed by atoms with Gasteiger partial charge in [-0.25, -0.2) is 0 Å². The normalized spacial score (nSPS) is 11.9. The highest BCUT2D eigenvalue weighted by Gasteiger charge is 2.26. The molecule has 194 valence electrons. The van der Waals surface area contributed by atoms with E-state index in [0.717, 1.165) is 34.0 Å². The van der Waals surface area contributed by atoms with Crippen LogP contribution in [0.2, 0.25) is 0 Å². The van der Waals surface area contributed by atoms with Crippen molar-refractivity contribution in [1.82, 2.24) is 0 Å². The van der Waals surface area contributed by atoms with Crippen LogP contribution in [0.3, 0.4) is 0 Å². The van der Waals surface area contributed by atoms with Crippen molar-refractivity contribution < 1.29 is 4.42 Å². The molecule has 0 radical (unpaired) electrons. The molecule has 1 heterocycles. The lowest BCUT2D eigenvalue weighted by atomic mass is 9.83. The molecule has 40 heavy (non-hydrogen) atoms. The van der Waals surface area contributed by atoms with E-state index in [-0.39, 0.29) is 5.41 Å². The van der Waals surface area contributed by atoms with Crippen LogP contribution in [0.5, 0.6) is 0 Å². The zero-order valence-corrected chi connectivity index (χ0v) is 23.1. The monoisotopic (exact) mass is 517 g/mol. The lowest BCUT2D eigenvalue weighted by molar-refractivity contribution is 0.568. The first-order valence-corrected chi connectivity index (χ1v) is 13.9. The van der Waals surface area contributed by atoms with Crippen molar-refractivity contribution in [3.8, 4) is 11.3 Å². The number of hydrogen-bond acceptors (Lipinski definition) is 2. The number of rotatable bonds is 4. The Morgan fingerprint density at radius 1 is 0.525 bits per heavy atom. The van der Waals surface area contributed by atoms with E-state index >= 15 is 0 Å². The van der Waals surface area contributed by atoms with Gasteiger partial charge in [0.2, 0.25) is 0 Å². The topological polar surface area (TPSA) is 16.4 Å². The summed E-state index contributed by atoms with van der Waals surface area (Å²) < 4.78 is 6.57. The van der Waals surface area contributed by atoms with Crippen molar-refractivity contribution in [2.75, 3.05) is 4.90 Å². The van der Waals surface area contributed by atoms with E-state index < -0.39 is 0 Å². The molecule has 0 N–H and O–H groups in total. The fourth-order valence-corrected chi connectivity index (χ4v) is 5.93. The molecule has 0 aliphatic heterocycles. The van der Waals surface area contributed by atoms with Gasteiger partial charge in [0.15, 0.2) is 0 Å². The Morgan fingerprint density at radius 2 is 1.18 bits per heavy atom. The van der Waals surface area contributed by atoms with E-state index in [1.165, 1.54) is 32.5 Å². The number of benzene rings is 6. The minimum absolute atomic E-state index is 0.0778. The molecule has 7 aromatic rings. The quantitative estimate of drug-likeness (QED) is 0.231. The van der Waals surface area contributed by atoms with Crippen molar-refractivity contribution in [3.63, 3.8) is 0 Å². The molecule has 6 aromatic carbocycles. The first kappa shape index (κ1) is 24.2. The molecule has 0 amide bonds. The maximum Gasteiger partial charge on any atom is 0.139 e. The summed E-state index contributed by atoms with van der Waals surface area (Å²) in [5, 5.41) is 6.05. The summed E-state index contributed by atoms with van der Waals surface area (Å²) in [5.74, 6) is 0.937. The van der Waals surface area contributed by atoms with E-state index in [4.69, 9.17) is 4.42 Å². The minimum Gasteiger partial charge on any atom is -0.456 e. The van der Waals surface area contributed by atoms with Gasteiger partial charge in [-0.2, -0.15) is 0 Å². The average Bonchev–Trinajstić information content (AvgIpc) is 3.38. The van der Waals surface area contributed by atoms with E-state index in [9.17, 15) is 0 Å². The van der Waals surface area contributed by atoms with Gasteiger partial charge in [-0.15, -0.1) is 0 Å². The number of nitrogens with zero attached hydrogens (tertiary/aromatic N) is 1. The molecule has 0 aliphatic carbocycles. The SMILES string of the molecule is CC(C)(C)c1c(-c2cccc(N(c3ccc4ccccc4c3)c3cccc4ccccc34)c2)oc2ccccc12. The summed E-state index contributed by atoms with van der Waals surface area (Å²) in [5.41, 5.74) is 6.51. The molecular weight excluding hydrogens is 486 g/mol. The lowest BCUT2D eigenvalue weighted by Gasteiger charge is -2.28. The molecule has 2 nitrogen and oxygen atoms in total. The van der Waals surface area contributed by atoms with Crippen LogP contribution >= 0.6 is 0 Å². The van der Waals surface area contributed by atoms with Crippen molar-refractivity contribution >= 4 is 49.6 Å². The zero-order chi connectivity index (χ0) is 27.3. The Kier molecular flexibility index (Phi) is 5.71. The molecular formula is C38H31NO. The van der Waals surface area contributed by atoms with Crippen molar-refractivity contribution in [3.05, 3.63) is 139 Å². The lowest BCUT2D eigenvalue weighted by Crippen LogP contribution is -2.12. The predicted molar refractivity (Wildman–Crippen MR) is 170 cm³/mol. The molecule has 0 saturated heterocycles. The zero-order valence-electron chi connectivity index (χ0n) is 23.1. The first-order valence-electron chi connectivity index (χ1n) is 13.9. The molecule has 0 aliphatic rings. The number of anilines is 3. The Bertz CT molecular complexity index is 2000. The second kappa shape index (κ2) is 9.43. The summed E-state index contributed by atoms with van der Waals surface area (Å²) in [7, 11) is 0. The molecule has 0 unspecified atom stereocenters. The average molecular weight is 518 g/mol. The predicted octanol–water partition coefficient (Wildman–Crippen LogP) is 11.2. The van der Waals surface area contributed by atoms with Gasteiger partial charge in [0.1, 0.15) is 11.3 Å². The molecule has 2 heteroatoms. The molecule has 0 spiro atoms. The second-order valence-electron chi connectivity index (χ2n) is 11.5. The molecule has 0 saturated carbocycles. The van der Waals surface area contributed by atoms with Gasteiger partial charge < -0.3 is 9.32 Å². The maximum absolute atomic E-state index is 6.57. The van der Waals surface area contributed by atoms with Crippen LogP contribution in [0.1, 0.15) is 26.3 Å². The molecule has 0 bridgehead atoms. The van der Waals surface area contributed by atoms with E-state index in [1.807, 2.05) is 6.07 Å². The standard InChI is InChI=1S/C38H31NO/c1-38(2,3)36-33-19-8-9-21-35(33)40-37(36)29-16-10-17-30(25-29)39(31-23-22-26-12-4-5-14-28(26)24-31)34-20-11-15-27-13-6-7-18-32(27)34/h4-25H,1-3H3. The van der Waals surface area contributed by atoms with Crippen LogP contribution in [0.15, 0.2) is 138 Å². The minimum atomic E-state index is -0.0778. The number of para-hydroxylation sites is 1. The summed E-state index contributed by atoms with van der Waals surface area (Å²) in [6.07, 6.45) is 0. The van der Waals surface area contributed by atoms with Crippen molar-refractivity contribution in [2.45, 2.75) is 26.2 Å². The Morgan fingerprint density at radius 3 is 2.00 bits per heavy atom. The molecule has 0 fully saturated rings. The Labute approximate surface area is 235 Å². The fourth-order valence-electron chi connectivity index (χ4n) is 5.93. The van der Waals surface area contributed by atoms with Crippen LogP contribution in [0.4, 0.5) is 17.1 Å². The van der Waals surface area contributed by atoms with Gasteiger partial charge in [0.25, 0.3) is 0 Å². The summed E-state index contributed by atoms with van der Waals surface area (Å²) in [6, 6.07) is 47.5. The van der Waals surface area contributed by atoms with Crippen LogP contribution in [0.25, 0.3) is 43.8 Å². The van der Waals surface area contributed by atoms with Gasteiger partial charge >= 0.3 is 0 Å². The summed E-state index contributed by atoms with van der Waals surface area (Å²) >= 11 is 0. The molecule has 1 aromatic heterocycles. The van der Waals surface area contributed by atoms with Crippen molar-refractivity contribution in [1.29, 1.82) is 0 Å². The van der Waals surface area contributed by atoms with E-state index in [1.54, 1.807) is 0 Å². The first-order chi connectivity index (χ1) is 19.5. The fraction of sp³-hybridized carbons (Fsp3) is 0.105. The highest BCUT2D eigenvalue weighted by atomic mass is 16.3. The largest absolute Gasteiger partial charge is 0.456 e. The highest BCUT2D eigenvalue weighted by molar-refractivity contribution is 6.00. The Balaban J connectivity index is 1.47. The Hall–Kier alpha value is -4.82. The van der Waals surface area contributed by atoms with Gasteiger partial charge in [0.05, 0.1) is 5.69 Å². The van der Waals surface area contributed by atoms with Gasteiger partial charge in [-0.3, -0.25) is 0 Å². The van der Waals surface area contributed by atoms with E-state index in [0.29, 0.717) is 0 Å². The van der Waals surface area contributed by atoms with Crippen LogP contribution in [-0.2, 0) is 5.41 Å². The van der Waals surface area contributed by atoms with Gasteiger partial charge in [-0.05, 0) is 58.0 Å². The number of fused-ring (bicyclic) bond motifs is 3. The molecule has 0 atom stereocenters. The second-order valence-corrected chi connectivity index (χ2v) is 11.5. The van der Waals surface area contributed by atoms with Crippen LogP contribution in [0, 0.1) is 0 Å². The highest BCUT2D eigenvalue weighted by Crippen LogP contribution is 2.44. The smallest absolute Gasteiger partial charge is 0.139 e.